The third-order valence-electron chi connectivity index (χ3n) is 6.36. The Kier molecular flexibility index (Phi) is 6.61. The van der Waals surface area contributed by atoms with E-state index in [4.69, 9.17) is 26.1 Å². The van der Waals surface area contributed by atoms with Crippen LogP contribution in [0.3, 0.4) is 0 Å². The van der Waals surface area contributed by atoms with Gasteiger partial charge in [0.15, 0.2) is 0 Å². The standard InChI is InChI=1S/C27H27ClN4O3/c1-34-24-14-25(35-2)22(28)13-21(24)23-16-32-11-9-17(12-26(32)31-23)19-7-3-4-8-20(19)27(33)30-15-18-6-5-10-29-18/h3-4,7-9,11-14,16,18,29H,5-6,10,15H2,1-2H3,(H,30,33). The Labute approximate surface area is 209 Å². The monoisotopic (exact) mass is 490 g/mol. The fourth-order valence-electron chi connectivity index (χ4n) is 4.51. The molecule has 2 aromatic carbocycles. The number of hydrogen-bond acceptors (Lipinski definition) is 5. The molecule has 1 amide bonds. The number of hydrogen-bond donors (Lipinski definition) is 2. The SMILES string of the molecule is COc1cc(OC)c(-c2cn3ccc(-c4ccccc4C(=O)NCC4CCCN4)cc3n2)cc1Cl. The summed E-state index contributed by atoms with van der Waals surface area (Å²) in [5, 5.41) is 6.98. The van der Waals surface area contributed by atoms with Crippen LogP contribution in [0.2, 0.25) is 5.02 Å². The molecule has 1 aliphatic rings. The molecule has 180 valence electrons. The van der Waals surface area contributed by atoms with E-state index < -0.39 is 0 Å². The van der Waals surface area contributed by atoms with Crippen LogP contribution in [-0.4, -0.2) is 48.6 Å². The summed E-state index contributed by atoms with van der Waals surface area (Å²) in [5.74, 6) is 1.08. The number of methoxy groups -OCH3 is 2. The number of pyridine rings is 1. The molecule has 3 heterocycles. The molecule has 1 aliphatic heterocycles. The quantitative estimate of drug-likeness (QED) is 0.388. The van der Waals surface area contributed by atoms with Gasteiger partial charge in [-0.15, -0.1) is 0 Å². The van der Waals surface area contributed by atoms with Crippen molar-refractivity contribution in [1.29, 1.82) is 0 Å². The first-order valence-corrected chi connectivity index (χ1v) is 12.0. The van der Waals surface area contributed by atoms with Gasteiger partial charge in [0, 0.05) is 42.2 Å². The van der Waals surface area contributed by atoms with Crippen molar-refractivity contribution < 1.29 is 14.3 Å². The fourth-order valence-corrected chi connectivity index (χ4v) is 4.76. The molecule has 1 unspecified atom stereocenters. The second-order valence-electron chi connectivity index (χ2n) is 8.54. The Bertz CT molecular complexity index is 1380. The van der Waals surface area contributed by atoms with E-state index in [1.165, 1.54) is 0 Å². The van der Waals surface area contributed by atoms with Crippen LogP contribution in [0.5, 0.6) is 11.5 Å². The molecule has 1 saturated heterocycles. The summed E-state index contributed by atoms with van der Waals surface area (Å²) in [6, 6.07) is 15.5. The normalized spacial score (nSPS) is 15.3. The van der Waals surface area contributed by atoms with E-state index >= 15 is 0 Å². The topological polar surface area (TPSA) is 76.9 Å². The lowest BCUT2D eigenvalue weighted by molar-refractivity contribution is 0.0951. The Balaban J connectivity index is 1.47. The van der Waals surface area contributed by atoms with E-state index in [2.05, 4.69) is 10.6 Å². The molecule has 1 atom stereocenters. The maximum absolute atomic E-state index is 13.0. The first-order valence-electron chi connectivity index (χ1n) is 11.6. The summed E-state index contributed by atoms with van der Waals surface area (Å²) in [4.78, 5) is 17.8. The van der Waals surface area contributed by atoms with E-state index in [1.807, 2.05) is 53.2 Å². The zero-order valence-corrected chi connectivity index (χ0v) is 20.4. The van der Waals surface area contributed by atoms with Gasteiger partial charge < -0.3 is 24.5 Å². The van der Waals surface area contributed by atoms with Gasteiger partial charge in [0.05, 0.1) is 24.9 Å². The Morgan fingerprint density at radius 2 is 1.97 bits per heavy atom. The van der Waals surface area contributed by atoms with Gasteiger partial charge in [-0.3, -0.25) is 4.79 Å². The first-order chi connectivity index (χ1) is 17.1. The summed E-state index contributed by atoms with van der Waals surface area (Å²) in [6.07, 6.45) is 6.10. The van der Waals surface area contributed by atoms with Gasteiger partial charge in [0.25, 0.3) is 5.91 Å². The molecule has 0 radical (unpaired) electrons. The van der Waals surface area contributed by atoms with Crippen molar-refractivity contribution in [2.24, 2.45) is 0 Å². The Hall–Kier alpha value is -3.55. The number of halogens is 1. The minimum atomic E-state index is -0.0733. The number of carbonyl (C=O) groups excluding carboxylic acids is 1. The molecule has 0 saturated carbocycles. The van der Waals surface area contributed by atoms with E-state index in [9.17, 15) is 4.79 Å². The molecule has 7 nitrogen and oxygen atoms in total. The number of rotatable bonds is 7. The summed E-state index contributed by atoms with van der Waals surface area (Å²) in [7, 11) is 3.17. The Morgan fingerprint density at radius 3 is 2.74 bits per heavy atom. The maximum Gasteiger partial charge on any atom is 0.251 e. The van der Waals surface area contributed by atoms with Crippen molar-refractivity contribution in [2.75, 3.05) is 27.3 Å². The van der Waals surface area contributed by atoms with Crippen LogP contribution in [0.1, 0.15) is 23.2 Å². The minimum absolute atomic E-state index is 0.0733. The molecule has 8 heteroatoms. The maximum atomic E-state index is 13.0. The highest BCUT2D eigenvalue weighted by atomic mass is 35.5. The average Bonchev–Trinajstić information content (AvgIpc) is 3.56. The van der Waals surface area contributed by atoms with Gasteiger partial charge in [0.1, 0.15) is 17.1 Å². The van der Waals surface area contributed by atoms with Crippen molar-refractivity contribution in [3.05, 3.63) is 71.5 Å². The highest BCUT2D eigenvalue weighted by Gasteiger charge is 2.18. The van der Waals surface area contributed by atoms with Crippen LogP contribution in [-0.2, 0) is 0 Å². The molecule has 1 fully saturated rings. The molecule has 0 bridgehead atoms. The number of ether oxygens (including phenoxy) is 2. The lowest BCUT2D eigenvalue weighted by atomic mass is 10.00. The van der Waals surface area contributed by atoms with Crippen molar-refractivity contribution >= 4 is 23.2 Å². The molecule has 4 aromatic rings. The van der Waals surface area contributed by atoms with Crippen LogP contribution in [0.4, 0.5) is 0 Å². The van der Waals surface area contributed by atoms with Crippen LogP contribution < -0.4 is 20.1 Å². The third kappa shape index (κ3) is 4.70. The van der Waals surface area contributed by atoms with Crippen molar-refractivity contribution in [1.82, 2.24) is 20.0 Å². The summed E-state index contributed by atoms with van der Waals surface area (Å²) in [5.41, 5.74) is 4.66. The average molecular weight is 491 g/mol. The molecule has 0 aliphatic carbocycles. The largest absolute Gasteiger partial charge is 0.496 e. The second kappa shape index (κ2) is 9.98. The van der Waals surface area contributed by atoms with Crippen LogP contribution >= 0.6 is 11.6 Å². The predicted octanol–water partition coefficient (Wildman–Crippen LogP) is 4.82. The number of benzene rings is 2. The van der Waals surface area contributed by atoms with Gasteiger partial charge >= 0.3 is 0 Å². The minimum Gasteiger partial charge on any atom is -0.496 e. The van der Waals surface area contributed by atoms with E-state index in [1.54, 1.807) is 26.4 Å². The zero-order valence-electron chi connectivity index (χ0n) is 19.7. The predicted molar refractivity (Wildman–Crippen MR) is 138 cm³/mol. The first kappa shape index (κ1) is 23.2. The van der Waals surface area contributed by atoms with Gasteiger partial charge in [-0.05, 0) is 54.8 Å². The van der Waals surface area contributed by atoms with Crippen LogP contribution in [0.25, 0.3) is 28.0 Å². The van der Waals surface area contributed by atoms with Crippen molar-refractivity contribution in [2.45, 2.75) is 18.9 Å². The number of carbonyl (C=O) groups is 1. The number of imidazole rings is 1. The van der Waals surface area contributed by atoms with E-state index in [-0.39, 0.29) is 5.91 Å². The van der Waals surface area contributed by atoms with Crippen molar-refractivity contribution in [3.8, 4) is 33.9 Å². The summed E-state index contributed by atoms with van der Waals surface area (Å²) < 4.78 is 12.8. The molecule has 0 spiro atoms. The second-order valence-corrected chi connectivity index (χ2v) is 8.95. The molecule has 5 rings (SSSR count). The molecular formula is C27H27ClN4O3. The number of nitrogens with one attached hydrogen (secondary N) is 2. The van der Waals surface area contributed by atoms with Crippen LogP contribution in [0.15, 0.2) is 60.9 Å². The number of fused-ring (bicyclic) bond motifs is 1. The highest BCUT2D eigenvalue weighted by Crippen LogP contribution is 2.38. The Morgan fingerprint density at radius 1 is 1.14 bits per heavy atom. The zero-order chi connectivity index (χ0) is 24.4. The van der Waals surface area contributed by atoms with E-state index in [0.29, 0.717) is 34.7 Å². The number of nitrogens with zero attached hydrogens (tertiary/aromatic N) is 2. The van der Waals surface area contributed by atoms with Crippen molar-refractivity contribution in [3.63, 3.8) is 0 Å². The summed E-state index contributed by atoms with van der Waals surface area (Å²) in [6.45, 7) is 1.64. The fraction of sp³-hybridized carbons (Fsp3) is 0.259. The van der Waals surface area contributed by atoms with Crippen LogP contribution in [0, 0.1) is 0 Å². The number of aromatic nitrogens is 2. The third-order valence-corrected chi connectivity index (χ3v) is 6.66. The molecule has 2 N–H and O–H groups in total. The van der Waals surface area contributed by atoms with Gasteiger partial charge in [-0.25, -0.2) is 4.98 Å². The smallest absolute Gasteiger partial charge is 0.251 e. The lowest BCUT2D eigenvalue weighted by Gasteiger charge is -2.14. The molecule has 2 aromatic heterocycles. The van der Waals surface area contributed by atoms with E-state index in [0.717, 1.165) is 47.4 Å². The molecule has 35 heavy (non-hydrogen) atoms. The summed E-state index contributed by atoms with van der Waals surface area (Å²) >= 11 is 6.37. The van der Waals surface area contributed by atoms with Gasteiger partial charge in [-0.2, -0.15) is 0 Å². The van der Waals surface area contributed by atoms with Gasteiger partial charge in [0.2, 0.25) is 0 Å². The number of amides is 1. The lowest BCUT2D eigenvalue weighted by Crippen LogP contribution is -2.37. The molecular weight excluding hydrogens is 464 g/mol. The highest BCUT2D eigenvalue weighted by molar-refractivity contribution is 6.32. The van der Waals surface area contributed by atoms with Gasteiger partial charge in [-0.1, -0.05) is 29.8 Å².